The predicted molar refractivity (Wildman–Crippen MR) is 104 cm³/mol. The van der Waals surface area contributed by atoms with Crippen LogP contribution in [0.25, 0.3) is 0 Å². The smallest absolute Gasteiger partial charge is 0.237 e. The third kappa shape index (κ3) is 4.39. The number of rotatable bonds is 6. The van der Waals surface area contributed by atoms with Gasteiger partial charge in [-0.1, -0.05) is 36.4 Å². The average molecular weight is 353 g/mol. The first-order valence-corrected chi connectivity index (χ1v) is 8.97. The molecule has 0 spiro atoms. The lowest BCUT2D eigenvalue weighted by atomic mass is 10.1. The number of amides is 1. The number of aromatic nitrogens is 1. The maximum atomic E-state index is 12.5. The van der Waals surface area contributed by atoms with Crippen molar-refractivity contribution in [1.29, 1.82) is 0 Å². The van der Waals surface area contributed by atoms with E-state index < -0.39 is 0 Å². The van der Waals surface area contributed by atoms with Crippen molar-refractivity contribution < 1.29 is 4.79 Å². The summed E-state index contributed by atoms with van der Waals surface area (Å²) in [6.07, 6.45) is 2.49. The van der Waals surface area contributed by atoms with Gasteiger partial charge in [0.25, 0.3) is 0 Å². The zero-order valence-corrected chi connectivity index (χ0v) is 15.4. The molecular weight excluding hydrogens is 326 g/mol. The molecule has 1 fully saturated rings. The SMILES string of the molecule is CN(Cc1ccccc1)c1ncccc1CNC(=O)[C@@H]1C[C@H](N)CN1C. The Bertz CT molecular complexity index is 736. The Balaban J connectivity index is 1.64. The summed E-state index contributed by atoms with van der Waals surface area (Å²) in [6, 6.07) is 14.1. The van der Waals surface area contributed by atoms with Gasteiger partial charge in [-0.05, 0) is 25.1 Å². The minimum atomic E-state index is -0.146. The van der Waals surface area contributed by atoms with Gasteiger partial charge in [-0.15, -0.1) is 0 Å². The minimum Gasteiger partial charge on any atom is -0.355 e. The third-order valence-corrected chi connectivity index (χ3v) is 4.83. The molecule has 6 heteroatoms. The molecule has 1 aliphatic heterocycles. The van der Waals surface area contributed by atoms with Crippen molar-refractivity contribution in [1.82, 2.24) is 15.2 Å². The topological polar surface area (TPSA) is 74.5 Å². The van der Waals surface area contributed by atoms with Crippen LogP contribution in [0.2, 0.25) is 0 Å². The summed E-state index contributed by atoms with van der Waals surface area (Å²) in [5, 5.41) is 3.05. The summed E-state index contributed by atoms with van der Waals surface area (Å²) < 4.78 is 0. The van der Waals surface area contributed by atoms with Crippen LogP contribution in [0.1, 0.15) is 17.5 Å². The van der Waals surface area contributed by atoms with Gasteiger partial charge in [0.2, 0.25) is 5.91 Å². The number of nitrogens with one attached hydrogen (secondary N) is 1. The van der Waals surface area contributed by atoms with E-state index in [1.165, 1.54) is 5.56 Å². The monoisotopic (exact) mass is 353 g/mol. The third-order valence-electron chi connectivity index (χ3n) is 4.83. The summed E-state index contributed by atoms with van der Waals surface area (Å²) in [4.78, 5) is 21.2. The first kappa shape index (κ1) is 18.4. The van der Waals surface area contributed by atoms with Crippen LogP contribution in [-0.4, -0.2) is 48.5 Å². The van der Waals surface area contributed by atoms with Gasteiger partial charge in [0.1, 0.15) is 5.82 Å². The fourth-order valence-corrected chi connectivity index (χ4v) is 3.49. The van der Waals surface area contributed by atoms with E-state index in [1.54, 1.807) is 6.20 Å². The molecule has 0 aliphatic carbocycles. The number of hydrogen-bond donors (Lipinski definition) is 2. The Morgan fingerprint density at radius 1 is 1.31 bits per heavy atom. The van der Waals surface area contributed by atoms with Gasteiger partial charge in [-0.25, -0.2) is 4.98 Å². The number of carbonyl (C=O) groups is 1. The van der Waals surface area contributed by atoms with Crippen LogP contribution in [0.15, 0.2) is 48.7 Å². The van der Waals surface area contributed by atoms with Crippen molar-refractivity contribution in [2.24, 2.45) is 5.73 Å². The van der Waals surface area contributed by atoms with Crippen LogP contribution in [0.4, 0.5) is 5.82 Å². The highest BCUT2D eigenvalue weighted by atomic mass is 16.2. The van der Waals surface area contributed by atoms with Crippen LogP contribution in [0, 0.1) is 0 Å². The van der Waals surface area contributed by atoms with Gasteiger partial charge in [0.05, 0.1) is 6.04 Å². The van der Waals surface area contributed by atoms with E-state index in [4.69, 9.17) is 5.73 Å². The molecule has 1 saturated heterocycles. The molecule has 2 heterocycles. The molecule has 2 aromatic rings. The zero-order chi connectivity index (χ0) is 18.5. The molecule has 6 nitrogen and oxygen atoms in total. The molecular formula is C20H27N5O. The summed E-state index contributed by atoms with van der Waals surface area (Å²) in [5.74, 6) is 0.911. The second kappa shape index (κ2) is 8.29. The van der Waals surface area contributed by atoms with Gasteiger partial charge >= 0.3 is 0 Å². The summed E-state index contributed by atoms with van der Waals surface area (Å²) in [6.45, 7) is 1.98. The first-order chi connectivity index (χ1) is 12.5. The summed E-state index contributed by atoms with van der Waals surface area (Å²) >= 11 is 0. The minimum absolute atomic E-state index is 0.0287. The van der Waals surface area contributed by atoms with Gasteiger partial charge in [-0.2, -0.15) is 0 Å². The highest BCUT2D eigenvalue weighted by molar-refractivity contribution is 5.82. The second-order valence-corrected chi connectivity index (χ2v) is 7.00. The van der Waals surface area contributed by atoms with Gasteiger partial charge in [0, 0.05) is 44.5 Å². The number of pyridine rings is 1. The molecule has 0 saturated carbocycles. The molecule has 2 atom stereocenters. The van der Waals surface area contributed by atoms with E-state index in [1.807, 2.05) is 49.3 Å². The van der Waals surface area contributed by atoms with E-state index in [0.29, 0.717) is 13.0 Å². The average Bonchev–Trinajstić information content (AvgIpc) is 2.99. The van der Waals surface area contributed by atoms with Crippen LogP contribution in [0.5, 0.6) is 0 Å². The molecule has 1 amide bonds. The second-order valence-electron chi connectivity index (χ2n) is 7.00. The molecule has 0 unspecified atom stereocenters. The Morgan fingerprint density at radius 2 is 2.08 bits per heavy atom. The van der Waals surface area contributed by atoms with E-state index in [0.717, 1.165) is 24.5 Å². The fourth-order valence-electron chi connectivity index (χ4n) is 3.49. The number of likely N-dealkylation sites (tertiary alicyclic amines) is 1. The van der Waals surface area contributed by atoms with Crippen molar-refractivity contribution in [2.45, 2.75) is 31.6 Å². The molecule has 1 aromatic carbocycles. The summed E-state index contributed by atoms with van der Waals surface area (Å²) in [7, 11) is 3.96. The Hall–Kier alpha value is -2.44. The van der Waals surface area contributed by atoms with Crippen LogP contribution in [-0.2, 0) is 17.9 Å². The molecule has 0 bridgehead atoms. The van der Waals surface area contributed by atoms with Crippen molar-refractivity contribution in [3.63, 3.8) is 0 Å². The molecule has 3 N–H and O–H groups in total. The van der Waals surface area contributed by atoms with Crippen molar-refractivity contribution in [3.05, 3.63) is 59.8 Å². The normalized spacial score (nSPS) is 20.1. The predicted octanol–water partition coefficient (Wildman–Crippen LogP) is 1.37. The van der Waals surface area contributed by atoms with Crippen LogP contribution in [0.3, 0.4) is 0 Å². The van der Waals surface area contributed by atoms with Gasteiger partial charge < -0.3 is 16.0 Å². The van der Waals surface area contributed by atoms with E-state index in [-0.39, 0.29) is 18.0 Å². The quantitative estimate of drug-likeness (QED) is 0.820. The molecule has 3 rings (SSSR count). The lowest BCUT2D eigenvalue weighted by Gasteiger charge is -2.22. The van der Waals surface area contributed by atoms with E-state index >= 15 is 0 Å². The highest BCUT2D eigenvalue weighted by Gasteiger charge is 2.32. The van der Waals surface area contributed by atoms with Crippen molar-refractivity contribution >= 4 is 11.7 Å². The number of nitrogens with two attached hydrogens (primary N) is 1. The number of likely N-dealkylation sites (N-methyl/N-ethyl adjacent to an activating group) is 1. The Kier molecular flexibility index (Phi) is 5.85. The number of nitrogens with zero attached hydrogens (tertiary/aromatic N) is 3. The molecule has 1 aliphatic rings. The molecule has 1 aromatic heterocycles. The molecule has 26 heavy (non-hydrogen) atoms. The first-order valence-electron chi connectivity index (χ1n) is 8.97. The van der Waals surface area contributed by atoms with Crippen molar-refractivity contribution in [2.75, 3.05) is 25.5 Å². The standard InChI is InChI=1S/C20H27N5O/c1-24-14-17(21)11-18(24)20(26)23-12-16-9-6-10-22-19(16)25(2)13-15-7-4-3-5-8-15/h3-10,17-18H,11-14,21H2,1-2H3,(H,23,26)/t17-,18-/m0/s1. The van der Waals surface area contributed by atoms with Crippen LogP contribution >= 0.6 is 0 Å². The van der Waals surface area contributed by atoms with Crippen LogP contribution < -0.4 is 16.0 Å². The largest absolute Gasteiger partial charge is 0.355 e. The number of anilines is 1. The number of benzene rings is 1. The molecule has 0 radical (unpaired) electrons. The Morgan fingerprint density at radius 3 is 2.77 bits per heavy atom. The number of carbonyl (C=O) groups excluding carboxylic acids is 1. The number of hydrogen-bond acceptors (Lipinski definition) is 5. The lowest BCUT2D eigenvalue weighted by molar-refractivity contribution is -0.125. The lowest BCUT2D eigenvalue weighted by Crippen LogP contribution is -2.41. The van der Waals surface area contributed by atoms with Gasteiger partial charge in [-0.3, -0.25) is 9.69 Å². The van der Waals surface area contributed by atoms with Crippen molar-refractivity contribution in [3.8, 4) is 0 Å². The van der Waals surface area contributed by atoms with E-state index in [9.17, 15) is 4.79 Å². The van der Waals surface area contributed by atoms with Gasteiger partial charge in [0.15, 0.2) is 0 Å². The zero-order valence-electron chi connectivity index (χ0n) is 15.4. The summed E-state index contributed by atoms with van der Waals surface area (Å²) in [5.41, 5.74) is 8.18. The highest BCUT2D eigenvalue weighted by Crippen LogP contribution is 2.19. The maximum absolute atomic E-state index is 12.5. The maximum Gasteiger partial charge on any atom is 0.237 e. The van der Waals surface area contributed by atoms with E-state index in [2.05, 4.69) is 27.3 Å². The Labute approximate surface area is 155 Å². The molecule has 138 valence electrons. The fraction of sp³-hybridized carbons (Fsp3) is 0.400.